The Morgan fingerprint density at radius 3 is 2.62 bits per heavy atom. The maximum absolute atomic E-state index is 12.7. The molecule has 0 bridgehead atoms. The Hall–Kier alpha value is -2.12. The molecule has 0 radical (unpaired) electrons. The fraction of sp³-hybridized carbons (Fsp3) is 0.636. The molecule has 29 heavy (non-hydrogen) atoms. The minimum atomic E-state index is -0.155. The Labute approximate surface area is 175 Å². The van der Waals surface area contributed by atoms with Crippen LogP contribution in [0, 0.1) is 0 Å². The van der Waals surface area contributed by atoms with Gasteiger partial charge in [0, 0.05) is 38.1 Å². The van der Waals surface area contributed by atoms with Crippen LogP contribution in [0.5, 0.6) is 0 Å². The molecule has 1 aliphatic rings. The second kappa shape index (κ2) is 13.2. The maximum atomic E-state index is 12.7. The first-order valence-corrected chi connectivity index (χ1v) is 10.4. The van der Waals surface area contributed by atoms with Crippen molar-refractivity contribution >= 4 is 11.6 Å². The highest BCUT2D eigenvalue weighted by atomic mass is 16.5. The largest absolute Gasteiger partial charge is 0.394 e. The van der Waals surface area contributed by atoms with Crippen molar-refractivity contribution in [3.63, 3.8) is 0 Å². The number of ether oxygens (including phenoxy) is 1. The molecule has 0 saturated carbocycles. The lowest BCUT2D eigenvalue weighted by atomic mass is 10.0. The van der Waals surface area contributed by atoms with Crippen LogP contribution in [-0.4, -0.2) is 67.1 Å². The van der Waals surface area contributed by atoms with E-state index in [0.717, 1.165) is 30.8 Å². The monoisotopic (exact) mass is 406 g/mol. The first-order chi connectivity index (χ1) is 13.9. The topological polar surface area (TPSA) is 86.2 Å². The predicted octanol–water partition coefficient (Wildman–Crippen LogP) is 2.36. The van der Waals surface area contributed by atoms with Gasteiger partial charge in [0.15, 0.2) is 0 Å². The van der Waals surface area contributed by atoms with Crippen LogP contribution >= 0.6 is 0 Å². The summed E-state index contributed by atoms with van der Waals surface area (Å²) in [5, 5.41) is 15.4. The maximum Gasteiger partial charge on any atom is 0.265 e. The molecule has 7 heteroatoms. The van der Waals surface area contributed by atoms with Gasteiger partial charge in [-0.25, -0.2) is 0 Å². The van der Waals surface area contributed by atoms with Crippen molar-refractivity contribution < 1.29 is 14.6 Å². The number of hydrogen-bond donors (Lipinski definition) is 3. The first-order valence-electron chi connectivity index (χ1n) is 10.4. The van der Waals surface area contributed by atoms with E-state index >= 15 is 0 Å². The number of likely N-dealkylation sites (tertiary alicyclic amines) is 1. The molecular weight excluding hydrogens is 368 g/mol. The van der Waals surface area contributed by atoms with Crippen LogP contribution in [0.3, 0.4) is 0 Å². The third-order valence-corrected chi connectivity index (χ3v) is 5.15. The summed E-state index contributed by atoms with van der Waals surface area (Å²) in [7, 11) is 1.83. The van der Waals surface area contributed by atoms with Gasteiger partial charge in [-0.1, -0.05) is 12.5 Å². The van der Waals surface area contributed by atoms with Crippen molar-refractivity contribution in [2.45, 2.75) is 59.6 Å². The molecule has 0 aromatic rings. The number of piperidine rings is 1. The SMILES string of the molecule is CCO[C@H]1CN(C(/C=C\NC)=C/CO)CCC1NC(=O)/C(C)=N/C(C)=C(\C)CC. The second-order valence-electron chi connectivity index (χ2n) is 7.16. The lowest BCUT2D eigenvalue weighted by Crippen LogP contribution is -2.55. The van der Waals surface area contributed by atoms with Crippen LogP contribution in [0.4, 0.5) is 0 Å². The van der Waals surface area contributed by atoms with Crippen molar-refractivity contribution in [3.8, 4) is 0 Å². The number of aliphatic hydroxyl groups is 1. The summed E-state index contributed by atoms with van der Waals surface area (Å²) in [5.41, 5.74) is 3.47. The Kier molecular flexibility index (Phi) is 11.3. The predicted molar refractivity (Wildman–Crippen MR) is 119 cm³/mol. The Bertz CT molecular complexity index is 652. The minimum Gasteiger partial charge on any atom is -0.394 e. The van der Waals surface area contributed by atoms with E-state index in [4.69, 9.17) is 4.74 Å². The number of carbonyl (C=O) groups excluding carboxylic acids is 1. The van der Waals surface area contributed by atoms with Gasteiger partial charge >= 0.3 is 0 Å². The van der Waals surface area contributed by atoms with Crippen LogP contribution in [-0.2, 0) is 9.53 Å². The normalized spacial score (nSPS) is 22.0. The van der Waals surface area contributed by atoms with E-state index in [1.165, 1.54) is 5.57 Å². The van der Waals surface area contributed by atoms with Gasteiger partial charge in [0.2, 0.25) is 0 Å². The first kappa shape index (κ1) is 24.9. The number of aliphatic hydroxyl groups excluding tert-OH is 1. The van der Waals surface area contributed by atoms with Crippen molar-refractivity contribution in [1.82, 2.24) is 15.5 Å². The number of aliphatic imine (C=N–C) groups is 1. The third-order valence-electron chi connectivity index (χ3n) is 5.15. The quantitative estimate of drug-likeness (QED) is 0.383. The van der Waals surface area contributed by atoms with Gasteiger partial charge in [-0.2, -0.15) is 0 Å². The van der Waals surface area contributed by atoms with E-state index in [0.29, 0.717) is 18.9 Å². The highest BCUT2D eigenvalue weighted by Gasteiger charge is 2.31. The molecular formula is C22H38N4O3. The lowest BCUT2D eigenvalue weighted by molar-refractivity contribution is -0.117. The molecule has 1 rings (SSSR count). The minimum absolute atomic E-state index is 0.0287. The van der Waals surface area contributed by atoms with Gasteiger partial charge in [-0.05, 0) is 58.9 Å². The molecule has 7 nitrogen and oxygen atoms in total. The summed E-state index contributed by atoms with van der Waals surface area (Å²) in [6.07, 6.45) is 7.07. The summed E-state index contributed by atoms with van der Waals surface area (Å²) >= 11 is 0. The highest BCUT2D eigenvalue weighted by Crippen LogP contribution is 2.19. The molecule has 2 atom stereocenters. The summed E-state index contributed by atoms with van der Waals surface area (Å²) in [5.74, 6) is -0.155. The fourth-order valence-corrected chi connectivity index (χ4v) is 3.19. The smallest absolute Gasteiger partial charge is 0.265 e. The zero-order valence-electron chi connectivity index (χ0n) is 18.8. The van der Waals surface area contributed by atoms with Gasteiger partial charge in [0.25, 0.3) is 5.91 Å². The molecule has 3 N–H and O–H groups in total. The average molecular weight is 407 g/mol. The molecule has 0 spiro atoms. The van der Waals surface area contributed by atoms with Crippen LogP contribution in [0.25, 0.3) is 0 Å². The van der Waals surface area contributed by atoms with Crippen LogP contribution in [0.1, 0.15) is 47.5 Å². The number of amides is 1. The van der Waals surface area contributed by atoms with E-state index in [-0.39, 0.29) is 24.7 Å². The molecule has 0 aromatic heterocycles. The summed E-state index contributed by atoms with van der Waals surface area (Å²) in [6, 6.07) is -0.0796. The van der Waals surface area contributed by atoms with Crippen molar-refractivity contribution in [2.24, 2.45) is 4.99 Å². The molecule has 1 heterocycles. The second-order valence-corrected chi connectivity index (χ2v) is 7.16. The van der Waals surface area contributed by atoms with Gasteiger partial charge in [-0.3, -0.25) is 9.79 Å². The number of nitrogens with zero attached hydrogens (tertiary/aromatic N) is 2. The summed E-state index contributed by atoms with van der Waals surface area (Å²) in [4.78, 5) is 19.3. The number of rotatable bonds is 10. The third kappa shape index (κ3) is 8.03. The summed E-state index contributed by atoms with van der Waals surface area (Å²) < 4.78 is 5.94. The number of hydrogen-bond acceptors (Lipinski definition) is 6. The van der Waals surface area contributed by atoms with Crippen LogP contribution in [0.2, 0.25) is 0 Å². The van der Waals surface area contributed by atoms with Gasteiger partial charge in [0.05, 0.1) is 18.8 Å². The molecule has 164 valence electrons. The molecule has 1 amide bonds. The van der Waals surface area contributed by atoms with E-state index in [1.807, 2.05) is 40.1 Å². The van der Waals surface area contributed by atoms with E-state index in [2.05, 4.69) is 27.4 Å². The Morgan fingerprint density at radius 2 is 2.03 bits per heavy atom. The molecule has 1 fully saturated rings. The molecule has 0 aliphatic carbocycles. The van der Waals surface area contributed by atoms with Crippen molar-refractivity contribution in [2.75, 3.05) is 33.4 Å². The fourth-order valence-electron chi connectivity index (χ4n) is 3.19. The highest BCUT2D eigenvalue weighted by molar-refractivity contribution is 6.38. The lowest BCUT2D eigenvalue weighted by Gasteiger charge is -2.40. The molecule has 1 saturated heterocycles. The Morgan fingerprint density at radius 1 is 1.31 bits per heavy atom. The van der Waals surface area contributed by atoms with E-state index in [9.17, 15) is 9.90 Å². The van der Waals surface area contributed by atoms with Gasteiger partial charge in [0.1, 0.15) is 5.71 Å². The van der Waals surface area contributed by atoms with Crippen LogP contribution < -0.4 is 10.6 Å². The van der Waals surface area contributed by atoms with E-state index < -0.39 is 0 Å². The average Bonchev–Trinajstić information content (AvgIpc) is 2.71. The molecule has 1 unspecified atom stereocenters. The molecule has 0 aromatic carbocycles. The van der Waals surface area contributed by atoms with Gasteiger partial charge in [-0.15, -0.1) is 0 Å². The zero-order chi connectivity index (χ0) is 21.8. The zero-order valence-corrected chi connectivity index (χ0v) is 18.8. The van der Waals surface area contributed by atoms with Crippen molar-refractivity contribution in [3.05, 3.63) is 35.3 Å². The number of carbonyl (C=O) groups is 1. The number of nitrogens with one attached hydrogen (secondary N) is 2. The summed E-state index contributed by atoms with van der Waals surface area (Å²) in [6.45, 7) is 11.7. The van der Waals surface area contributed by atoms with Crippen LogP contribution in [0.15, 0.2) is 40.3 Å². The van der Waals surface area contributed by atoms with Crippen molar-refractivity contribution in [1.29, 1.82) is 0 Å². The van der Waals surface area contributed by atoms with E-state index in [1.54, 1.807) is 13.0 Å². The number of allylic oxidation sites excluding steroid dienone is 3. The van der Waals surface area contributed by atoms with Gasteiger partial charge < -0.3 is 25.4 Å². The Balaban J connectivity index is 2.88. The molecule has 1 aliphatic heterocycles. The standard InChI is InChI=1S/C22H38N4O3/c1-7-16(3)17(4)24-18(5)22(28)25-20-10-13-26(15-21(20)29-8-2)19(11-14-27)9-12-23-6/h9,11-12,20-21,23,27H,7-8,10,13-15H2,1-6H3,(H,25,28)/b12-9-,17-16+,19-11+,24-18+/t20?,21-/m0/s1.